The third-order valence-electron chi connectivity index (χ3n) is 5.42. The molecule has 2 heterocycles. The highest BCUT2D eigenvalue weighted by Crippen LogP contribution is 2.43. The molecule has 3 unspecified atom stereocenters. The summed E-state index contributed by atoms with van der Waals surface area (Å²) in [5.74, 6) is -2.93. The van der Waals surface area contributed by atoms with Gasteiger partial charge in [-0.2, -0.15) is 0 Å². The minimum Gasteiger partial charge on any atom is -0.510 e. The highest BCUT2D eigenvalue weighted by atomic mass is 16.8. The molecule has 0 radical (unpaired) electrons. The molecule has 2 N–H and O–H groups in total. The summed E-state index contributed by atoms with van der Waals surface area (Å²) < 4.78 is 34.8. The number of ether oxygens (including phenoxy) is 6. The lowest BCUT2D eigenvalue weighted by molar-refractivity contribution is -0.459. The van der Waals surface area contributed by atoms with Crippen LogP contribution < -0.4 is 0 Å². The SMILES string of the molecule is C=C(O)[C@@H]1OC(C)(OC)C(C)(OC)O[C@H]1[C@@H]1OC(c2ccccc2)OC[C@H]1O. The largest absolute Gasteiger partial charge is 0.510 e. The Bertz CT molecular complexity index is 682. The lowest BCUT2D eigenvalue weighted by atomic mass is 9.96. The van der Waals surface area contributed by atoms with Gasteiger partial charge in [0.25, 0.3) is 0 Å². The van der Waals surface area contributed by atoms with E-state index in [0.29, 0.717) is 0 Å². The van der Waals surface area contributed by atoms with E-state index in [1.54, 1.807) is 13.8 Å². The standard InChI is InChI=1S/C20H28O8/c1-12(21)15-17(28-20(3,24-5)19(2,23-4)27-15)16-14(22)11-25-18(26-16)13-9-7-6-8-10-13/h6-10,14-18,21-22H,1,11H2,2-5H3/t14-,15+,16-,17-,18?,19?,20?/m1/s1. The van der Waals surface area contributed by atoms with Crippen molar-refractivity contribution >= 4 is 0 Å². The summed E-state index contributed by atoms with van der Waals surface area (Å²) in [6, 6.07) is 9.35. The van der Waals surface area contributed by atoms with Gasteiger partial charge in [-0.1, -0.05) is 36.9 Å². The quantitative estimate of drug-likeness (QED) is 0.730. The van der Waals surface area contributed by atoms with E-state index in [4.69, 9.17) is 28.4 Å². The van der Waals surface area contributed by atoms with Crippen LogP contribution in [0.2, 0.25) is 0 Å². The van der Waals surface area contributed by atoms with Gasteiger partial charge in [-0.05, 0) is 13.8 Å². The predicted molar refractivity (Wildman–Crippen MR) is 98.4 cm³/mol. The maximum absolute atomic E-state index is 10.5. The molecule has 0 saturated carbocycles. The molecule has 8 heteroatoms. The van der Waals surface area contributed by atoms with Crippen molar-refractivity contribution in [3.63, 3.8) is 0 Å². The highest BCUT2D eigenvalue weighted by Gasteiger charge is 2.60. The Hall–Kier alpha value is -1.52. The van der Waals surface area contributed by atoms with Crippen LogP contribution in [-0.2, 0) is 28.4 Å². The summed E-state index contributed by atoms with van der Waals surface area (Å²) in [5, 5.41) is 20.7. The molecule has 0 aromatic heterocycles. The molecule has 7 atom stereocenters. The first-order valence-corrected chi connectivity index (χ1v) is 9.08. The molecule has 156 valence electrons. The van der Waals surface area contributed by atoms with Gasteiger partial charge in [0.2, 0.25) is 11.6 Å². The summed E-state index contributed by atoms with van der Waals surface area (Å²) in [6.07, 6.45) is -4.51. The zero-order valence-corrected chi connectivity index (χ0v) is 16.5. The summed E-state index contributed by atoms with van der Waals surface area (Å²) in [5.41, 5.74) is 0.798. The van der Waals surface area contributed by atoms with Crippen LogP contribution in [0.4, 0.5) is 0 Å². The number of benzene rings is 1. The lowest BCUT2D eigenvalue weighted by Gasteiger charge is -2.54. The first-order chi connectivity index (χ1) is 13.2. The van der Waals surface area contributed by atoms with Gasteiger partial charge in [0, 0.05) is 19.8 Å². The summed E-state index contributed by atoms with van der Waals surface area (Å²) in [7, 11) is 2.91. The van der Waals surface area contributed by atoms with Crippen molar-refractivity contribution in [2.75, 3.05) is 20.8 Å². The van der Waals surface area contributed by atoms with E-state index in [0.717, 1.165) is 5.56 Å². The molecule has 0 aliphatic carbocycles. The van der Waals surface area contributed by atoms with Gasteiger partial charge in [-0.25, -0.2) is 0 Å². The van der Waals surface area contributed by atoms with Crippen molar-refractivity contribution in [1.82, 2.24) is 0 Å². The normalized spacial score (nSPS) is 41.5. The van der Waals surface area contributed by atoms with Crippen LogP contribution in [0.5, 0.6) is 0 Å². The number of hydrogen-bond acceptors (Lipinski definition) is 8. The first-order valence-electron chi connectivity index (χ1n) is 9.08. The molecule has 2 aliphatic heterocycles. The Kier molecular flexibility index (Phi) is 6.11. The van der Waals surface area contributed by atoms with Gasteiger partial charge in [0.15, 0.2) is 6.29 Å². The van der Waals surface area contributed by atoms with E-state index in [1.165, 1.54) is 14.2 Å². The number of rotatable bonds is 5. The molecule has 3 rings (SSSR count). The van der Waals surface area contributed by atoms with Gasteiger partial charge in [0.1, 0.15) is 30.2 Å². The molecule has 0 amide bonds. The lowest BCUT2D eigenvalue weighted by Crippen LogP contribution is -2.69. The number of methoxy groups -OCH3 is 2. The van der Waals surface area contributed by atoms with Crippen molar-refractivity contribution in [3.05, 3.63) is 48.2 Å². The van der Waals surface area contributed by atoms with E-state index in [1.807, 2.05) is 30.3 Å². The fourth-order valence-corrected chi connectivity index (χ4v) is 3.44. The third kappa shape index (κ3) is 3.69. The van der Waals surface area contributed by atoms with Crippen molar-refractivity contribution in [3.8, 4) is 0 Å². The van der Waals surface area contributed by atoms with E-state index in [9.17, 15) is 10.2 Å². The van der Waals surface area contributed by atoms with Crippen LogP contribution in [0.25, 0.3) is 0 Å². The summed E-state index contributed by atoms with van der Waals surface area (Å²) in [6.45, 7) is 6.90. The van der Waals surface area contributed by atoms with E-state index >= 15 is 0 Å². The minimum absolute atomic E-state index is 0.0277. The van der Waals surface area contributed by atoms with Crippen LogP contribution in [0.3, 0.4) is 0 Å². The second-order valence-electron chi connectivity index (χ2n) is 7.16. The summed E-state index contributed by atoms with van der Waals surface area (Å²) in [4.78, 5) is 0. The molecule has 0 spiro atoms. The van der Waals surface area contributed by atoms with Crippen LogP contribution in [0, 0.1) is 0 Å². The topological polar surface area (TPSA) is 95.8 Å². The van der Waals surface area contributed by atoms with E-state index in [-0.39, 0.29) is 12.4 Å². The molecule has 2 aliphatic rings. The fourth-order valence-electron chi connectivity index (χ4n) is 3.44. The predicted octanol–water partition coefficient (Wildman–Crippen LogP) is 2.04. The van der Waals surface area contributed by atoms with Crippen LogP contribution in [0.15, 0.2) is 42.7 Å². The van der Waals surface area contributed by atoms with Gasteiger partial charge >= 0.3 is 0 Å². The molecule has 28 heavy (non-hydrogen) atoms. The number of aliphatic hydroxyl groups is 2. The Balaban J connectivity index is 1.90. The molecule has 2 saturated heterocycles. The molecule has 8 nitrogen and oxygen atoms in total. The number of aliphatic hydroxyl groups excluding tert-OH is 2. The van der Waals surface area contributed by atoms with Crippen molar-refractivity contribution in [2.24, 2.45) is 0 Å². The maximum Gasteiger partial charge on any atom is 0.221 e. The minimum atomic E-state index is -1.33. The molecule has 2 fully saturated rings. The Morgan fingerprint density at radius 3 is 2.25 bits per heavy atom. The zero-order valence-electron chi connectivity index (χ0n) is 16.5. The Labute approximate surface area is 164 Å². The molecular weight excluding hydrogens is 368 g/mol. The second kappa shape index (κ2) is 8.08. The smallest absolute Gasteiger partial charge is 0.221 e. The van der Waals surface area contributed by atoms with Gasteiger partial charge < -0.3 is 38.6 Å². The van der Waals surface area contributed by atoms with Gasteiger partial charge in [-0.3, -0.25) is 0 Å². The average Bonchev–Trinajstić information content (AvgIpc) is 2.70. The highest BCUT2D eigenvalue weighted by molar-refractivity contribution is 5.17. The first kappa shape index (κ1) is 21.2. The van der Waals surface area contributed by atoms with Crippen LogP contribution >= 0.6 is 0 Å². The van der Waals surface area contributed by atoms with E-state index in [2.05, 4.69) is 6.58 Å². The van der Waals surface area contributed by atoms with Gasteiger partial charge in [0.05, 0.1) is 6.61 Å². The second-order valence-corrected chi connectivity index (χ2v) is 7.16. The molecule has 0 bridgehead atoms. The molecule has 1 aromatic rings. The van der Waals surface area contributed by atoms with Crippen molar-refractivity contribution in [1.29, 1.82) is 0 Å². The third-order valence-corrected chi connectivity index (χ3v) is 5.42. The van der Waals surface area contributed by atoms with Crippen molar-refractivity contribution in [2.45, 2.75) is 56.1 Å². The monoisotopic (exact) mass is 396 g/mol. The maximum atomic E-state index is 10.5. The Morgan fingerprint density at radius 1 is 1.07 bits per heavy atom. The van der Waals surface area contributed by atoms with Crippen LogP contribution in [0.1, 0.15) is 25.7 Å². The molecule has 1 aromatic carbocycles. The van der Waals surface area contributed by atoms with Gasteiger partial charge in [-0.15, -0.1) is 0 Å². The Morgan fingerprint density at radius 2 is 1.68 bits per heavy atom. The van der Waals surface area contributed by atoms with E-state index < -0.39 is 42.3 Å². The number of hydrogen-bond donors (Lipinski definition) is 2. The van der Waals surface area contributed by atoms with Crippen molar-refractivity contribution < 1.29 is 38.6 Å². The van der Waals surface area contributed by atoms with Crippen LogP contribution in [-0.4, -0.2) is 67.0 Å². The average molecular weight is 396 g/mol. The summed E-state index contributed by atoms with van der Waals surface area (Å²) >= 11 is 0. The zero-order chi connectivity index (χ0) is 20.5. The fraction of sp³-hybridized carbons (Fsp3) is 0.600. The molecular formula is C20H28O8.